The van der Waals surface area contributed by atoms with Crippen LogP contribution < -0.4 is 10.3 Å². The number of halogens is 1. The largest absolute Gasteiger partial charge is 0.358 e. The summed E-state index contributed by atoms with van der Waals surface area (Å²) in [6, 6.07) is 5.83. The summed E-state index contributed by atoms with van der Waals surface area (Å²) in [6.45, 7) is 9.44. The van der Waals surface area contributed by atoms with Crippen molar-refractivity contribution >= 4 is 26.8 Å². The third-order valence-electron chi connectivity index (χ3n) is 3.91. The average Bonchev–Trinajstić information content (AvgIpc) is 2.45. The maximum absolute atomic E-state index is 12.8. The van der Waals surface area contributed by atoms with Crippen molar-refractivity contribution in [3.63, 3.8) is 0 Å². The smallest absolute Gasteiger partial charge is 0.198 e. The van der Waals surface area contributed by atoms with Gasteiger partial charge in [-0.05, 0) is 38.0 Å². The Morgan fingerprint density at radius 3 is 2.48 bits per heavy atom. The van der Waals surface area contributed by atoms with Gasteiger partial charge in [-0.3, -0.25) is 4.79 Å². The lowest BCUT2D eigenvalue weighted by molar-refractivity contribution is -0.914. The molecule has 0 aliphatic heterocycles. The highest BCUT2D eigenvalue weighted by Crippen LogP contribution is 2.17. The van der Waals surface area contributed by atoms with Gasteiger partial charge < -0.3 is 9.88 Å². The van der Waals surface area contributed by atoms with E-state index in [0.29, 0.717) is 0 Å². The number of aromatic nitrogens is 1. The van der Waals surface area contributed by atoms with E-state index in [4.69, 9.17) is 0 Å². The fourth-order valence-electron chi connectivity index (χ4n) is 2.90. The molecule has 0 spiro atoms. The molecule has 0 radical (unpaired) electrons. The van der Waals surface area contributed by atoms with Crippen molar-refractivity contribution in [2.75, 3.05) is 13.1 Å². The van der Waals surface area contributed by atoms with Crippen LogP contribution in [0.25, 0.3) is 10.9 Å². The van der Waals surface area contributed by atoms with Gasteiger partial charge in [0.05, 0.1) is 18.7 Å². The zero-order valence-corrected chi connectivity index (χ0v) is 14.6. The predicted octanol–water partition coefficient (Wildman–Crippen LogP) is 2.80. The second kappa shape index (κ2) is 7.23. The normalized spacial score (nSPS) is 11.5. The summed E-state index contributed by atoms with van der Waals surface area (Å²) in [5.74, 6) is 0. The van der Waals surface area contributed by atoms with E-state index in [1.54, 1.807) is 0 Å². The van der Waals surface area contributed by atoms with Gasteiger partial charge in [-0.25, -0.2) is 0 Å². The van der Waals surface area contributed by atoms with Crippen LogP contribution in [-0.4, -0.2) is 18.1 Å². The van der Waals surface area contributed by atoms with Crippen molar-refractivity contribution in [1.82, 2.24) is 4.98 Å². The Kier molecular flexibility index (Phi) is 5.59. The summed E-state index contributed by atoms with van der Waals surface area (Å²) in [6.07, 6.45) is 2.29. The summed E-state index contributed by atoms with van der Waals surface area (Å²) in [5.41, 5.74) is 3.02. The minimum absolute atomic E-state index is 0.173. The topological polar surface area (TPSA) is 37.3 Å². The van der Waals surface area contributed by atoms with E-state index in [1.807, 2.05) is 25.1 Å². The van der Waals surface area contributed by atoms with Crippen molar-refractivity contribution in [3.8, 4) is 0 Å². The molecule has 2 aromatic rings. The zero-order valence-electron chi connectivity index (χ0n) is 13.1. The Hall–Kier alpha value is -1.13. The molecule has 0 bridgehead atoms. The van der Waals surface area contributed by atoms with Crippen LogP contribution >= 0.6 is 15.9 Å². The Labute approximate surface area is 134 Å². The molecule has 0 atom stereocenters. The number of benzene rings is 1. The highest BCUT2D eigenvalue weighted by Gasteiger charge is 2.15. The van der Waals surface area contributed by atoms with Crippen LogP contribution in [0, 0.1) is 6.92 Å². The van der Waals surface area contributed by atoms with E-state index >= 15 is 0 Å². The van der Waals surface area contributed by atoms with Gasteiger partial charge >= 0.3 is 0 Å². The summed E-state index contributed by atoms with van der Waals surface area (Å²) >= 11 is 3.45. The van der Waals surface area contributed by atoms with Crippen molar-refractivity contribution < 1.29 is 4.90 Å². The first-order valence-corrected chi connectivity index (χ1v) is 8.50. The van der Waals surface area contributed by atoms with E-state index in [2.05, 4.69) is 34.8 Å². The molecular weight excluding hydrogens is 328 g/mol. The molecule has 1 heterocycles. The standard InChI is InChI=1S/C17H23BrN2O/c1-4-8-20(9-5-2)11-15-12(3)19-16-7-6-13(18)10-14(16)17(15)21/h6-7,10H,4-5,8-9,11H2,1-3H3,(H,19,21)/p+1. The van der Waals surface area contributed by atoms with E-state index in [1.165, 1.54) is 4.90 Å². The van der Waals surface area contributed by atoms with Crippen molar-refractivity contribution in [2.45, 2.75) is 40.2 Å². The van der Waals surface area contributed by atoms with Crippen LogP contribution in [0.4, 0.5) is 0 Å². The quantitative estimate of drug-likeness (QED) is 0.824. The molecule has 3 nitrogen and oxygen atoms in total. The molecule has 2 rings (SSSR count). The number of aromatic amines is 1. The van der Waals surface area contributed by atoms with Gasteiger partial charge in [0.25, 0.3) is 0 Å². The van der Waals surface area contributed by atoms with Crippen LogP contribution in [0.1, 0.15) is 37.9 Å². The van der Waals surface area contributed by atoms with Crippen LogP contribution in [0.5, 0.6) is 0 Å². The van der Waals surface area contributed by atoms with Gasteiger partial charge in [0.15, 0.2) is 5.43 Å². The van der Waals surface area contributed by atoms with Crippen LogP contribution in [0.15, 0.2) is 27.5 Å². The molecule has 0 amide bonds. The molecule has 114 valence electrons. The SMILES string of the molecule is CCC[NH+](CCC)Cc1c(C)[nH]c2ccc(Br)cc2c1=O. The average molecular weight is 352 g/mol. The number of fused-ring (bicyclic) bond motifs is 1. The Morgan fingerprint density at radius 2 is 1.86 bits per heavy atom. The predicted molar refractivity (Wildman–Crippen MR) is 92.0 cm³/mol. The van der Waals surface area contributed by atoms with Crippen LogP contribution in [-0.2, 0) is 6.54 Å². The number of pyridine rings is 1. The number of hydrogen-bond donors (Lipinski definition) is 2. The van der Waals surface area contributed by atoms with Crippen molar-refractivity contribution in [2.24, 2.45) is 0 Å². The van der Waals surface area contributed by atoms with E-state index < -0.39 is 0 Å². The van der Waals surface area contributed by atoms with Gasteiger partial charge in [0.2, 0.25) is 0 Å². The van der Waals surface area contributed by atoms with E-state index in [-0.39, 0.29) is 5.43 Å². The fraction of sp³-hybridized carbons (Fsp3) is 0.471. The number of hydrogen-bond acceptors (Lipinski definition) is 1. The van der Waals surface area contributed by atoms with Crippen molar-refractivity contribution in [3.05, 3.63) is 44.2 Å². The zero-order chi connectivity index (χ0) is 15.4. The lowest BCUT2D eigenvalue weighted by Gasteiger charge is -2.19. The summed E-state index contributed by atoms with van der Waals surface area (Å²) in [5, 5.41) is 0.775. The monoisotopic (exact) mass is 351 g/mol. The molecule has 0 unspecified atom stereocenters. The Balaban J connectivity index is 2.45. The number of aryl methyl sites for hydroxylation is 1. The Bertz CT molecular complexity index is 672. The van der Waals surface area contributed by atoms with Gasteiger partial charge in [-0.15, -0.1) is 0 Å². The maximum atomic E-state index is 12.8. The van der Waals surface area contributed by atoms with Gasteiger partial charge in [0, 0.05) is 21.1 Å². The molecule has 0 saturated carbocycles. The lowest BCUT2D eigenvalue weighted by Crippen LogP contribution is -3.10. The first-order valence-electron chi connectivity index (χ1n) is 7.71. The molecule has 2 N–H and O–H groups in total. The number of quaternary nitrogens is 1. The first-order chi connectivity index (χ1) is 10.1. The lowest BCUT2D eigenvalue weighted by atomic mass is 10.1. The first kappa shape index (κ1) is 16.2. The van der Waals surface area contributed by atoms with Crippen molar-refractivity contribution in [1.29, 1.82) is 0 Å². The second-order valence-corrected chi connectivity index (χ2v) is 6.59. The third-order valence-corrected chi connectivity index (χ3v) is 4.40. The highest BCUT2D eigenvalue weighted by molar-refractivity contribution is 9.10. The number of H-pyrrole nitrogens is 1. The fourth-order valence-corrected chi connectivity index (χ4v) is 3.26. The van der Waals surface area contributed by atoms with Crippen LogP contribution in [0.2, 0.25) is 0 Å². The molecule has 4 heteroatoms. The van der Waals surface area contributed by atoms with Gasteiger partial charge in [0.1, 0.15) is 6.54 Å². The molecule has 0 aliphatic rings. The Morgan fingerprint density at radius 1 is 1.19 bits per heavy atom. The third kappa shape index (κ3) is 3.74. The molecular formula is C17H24BrN2O+. The summed E-state index contributed by atoms with van der Waals surface area (Å²) in [7, 11) is 0. The minimum Gasteiger partial charge on any atom is -0.358 e. The minimum atomic E-state index is 0.173. The summed E-state index contributed by atoms with van der Waals surface area (Å²) < 4.78 is 0.946. The van der Waals surface area contributed by atoms with Crippen LogP contribution in [0.3, 0.4) is 0 Å². The van der Waals surface area contributed by atoms with E-state index in [0.717, 1.165) is 59.1 Å². The molecule has 21 heavy (non-hydrogen) atoms. The maximum Gasteiger partial charge on any atom is 0.198 e. The molecule has 0 aliphatic carbocycles. The highest BCUT2D eigenvalue weighted by atomic mass is 79.9. The number of rotatable bonds is 6. The summed E-state index contributed by atoms with van der Waals surface area (Å²) in [4.78, 5) is 17.7. The molecule has 0 fully saturated rings. The molecule has 0 saturated heterocycles. The second-order valence-electron chi connectivity index (χ2n) is 5.67. The van der Waals surface area contributed by atoms with Gasteiger partial charge in [-0.1, -0.05) is 29.8 Å². The molecule has 1 aromatic heterocycles. The van der Waals surface area contributed by atoms with E-state index in [9.17, 15) is 4.79 Å². The van der Waals surface area contributed by atoms with Gasteiger partial charge in [-0.2, -0.15) is 0 Å². The molecule has 1 aromatic carbocycles. The number of nitrogens with one attached hydrogen (secondary N) is 2.